The van der Waals surface area contributed by atoms with Crippen LogP contribution in [0.25, 0.3) is 27.2 Å². The number of primary amides is 1. The van der Waals surface area contributed by atoms with Crippen LogP contribution in [0.2, 0.25) is 5.02 Å². The standard InChI is InChI=1S/C26H22ClN3O6S/c1-35-26(32)24-13-22-23(37-24)12-20(17-9-7-16(11-19(17)27)36-15-4-2-3-5-15)29(22)14-6-8-18(25(28)31)21(10-14)30(33)34/h6-13,15H,2-5H2,1H3,(H2,28,31). The van der Waals surface area contributed by atoms with E-state index in [0.717, 1.165) is 30.4 Å². The molecule has 5 rings (SSSR count). The molecule has 0 atom stereocenters. The number of carbonyl (C=O) groups excluding carboxylic acids is 2. The van der Waals surface area contributed by atoms with Crippen molar-refractivity contribution in [2.45, 2.75) is 31.8 Å². The van der Waals surface area contributed by atoms with Crippen molar-refractivity contribution >= 4 is 50.7 Å². The van der Waals surface area contributed by atoms with E-state index in [9.17, 15) is 19.7 Å². The lowest BCUT2D eigenvalue weighted by atomic mass is 10.1. The first kappa shape index (κ1) is 24.8. The van der Waals surface area contributed by atoms with Crippen molar-refractivity contribution in [2.75, 3.05) is 7.11 Å². The summed E-state index contributed by atoms with van der Waals surface area (Å²) in [7, 11) is 1.30. The van der Waals surface area contributed by atoms with Gasteiger partial charge in [-0.25, -0.2) is 4.79 Å². The molecule has 1 aliphatic rings. The van der Waals surface area contributed by atoms with Crippen molar-refractivity contribution in [2.24, 2.45) is 5.73 Å². The van der Waals surface area contributed by atoms with E-state index in [1.165, 1.54) is 30.6 Å². The SMILES string of the molecule is COC(=O)c1cc2c(cc(-c3ccc(OC4CCCC4)cc3Cl)n2-c2ccc(C(N)=O)c([N+](=O)[O-])c2)s1. The quantitative estimate of drug-likeness (QED) is 0.171. The molecule has 1 saturated carbocycles. The van der Waals surface area contributed by atoms with Gasteiger partial charge in [-0.15, -0.1) is 11.3 Å². The van der Waals surface area contributed by atoms with Gasteiger partial charge < -0.3 is 19.8 Å². The number of halogens is 1. The summed E-state index contributed by atoms with van der Waals surface area (Å²) in [5.41, 5.74) is 7.07. The molecular formula is C26H22ClN3O6S. The highest BCUT2D eigenvalue weighted by Gasteiger charge is 2.24. The van der Waals surface area contributed by atoms with Gasteiger partial charge >= 0.3 is 5.97 Å². The fourth-order valence-corrected chi connectivity index (χ4v) is 5.93. The Morgan fingerprint density at radius 1 is 1.14 bits per heavy atom. The zero-order valence-corrected chi connectivity index (χ0v) is 21.3. The van der Waals surface area contributed by atoms with Crippen LogP contribution in [-0.2, 0) is 4.74 Å². The second-order valence-electron chi connectivity index (χ2n) is 8.71. The first-order valence-electron chi connectivity index (χ1n) is 11.6. The molecule has 9 nitrogen and oxygen atoms in total. The molecule has 0 saturated heterocycles. The molecule has 2 heterocycles. The maximum absolute atomic E-state index is 12.2. The number of amides is 1. The molecule has 1 amide bonds. The zero-order chi connectivity index (χ0) is 26.3. The van der Waals surface area contributed by atoms with Crippen molar-refractivity contribution in [3.05, 3.63) is 74.1 Å². The molecule has 0 aliphatic heterocycles. The summed E-state index contributed by atoms with van der Waals surface area (Å²) in [6.07, 6.45) is 4.50. The molecular weight excluding hydrogens is 518 g/mol. The minimum absolute atomic E-state index is 0.178. The maximum atomic E-state index is 12.2. The molecule has 2 aromatic carbocycles. The number of aromatic nitrogens is 1. The molecule has 0 radical (unpaired) electrons. The number of nitro benzene ring substituents is 1. The summed E-state index contributed by atoms with van der Waals surface area (Å²) in [5.74, 6) is -0.716. The van der Waals surface area contributed by atoms with Crippen LogP contribution < -0.4 is 10.5 Å². The second kappa shape index (κ2) is 9.87. The lowest BCUT2D eigenvalue weighted by Crippen LogP contribution is -2.13. The van der Waals surface area contributed by atoms with Gasteiger partial charge in [0.05, 0.1) is 44.8 Å². The van der Waals surface area contributed by atoms with E-state index in [1.54, 1.807) is 22.8 Å². The van der Waals surface area contributed by atoms with Crippen LogP contribution >= 0.6 is 22.9 Å². The van der Waals surface area contributed by atoms with Gasteiger partial charge in [0.15, 0.2) is 0 Å². The first-order valence-corrected chi connectivity index (χ1v) is 12.7. The van der Waals surface area contributed by atoms with Gasteiger partial charge in [0, 0.05) is 11.6 Å². The summed E-state index contributed by atoms with van der Waals surface area (Å²) in [6.45, 7) is 0. The van der Waals surface area contributed by atoms with E-state index < -0.39 is 22.5 Å². The molecule has 37 heavy (non-hydrogen) atoms. The van der Waals surface area contributed by atoms with Gasteiger partial charge in [0.25, 0.3) is 11.6 Å². The minimum Gasteiger partial charge on any atom is -0.490 e. The van der Waals surface area contributed by atoms with Crippen LogP contribution in [0, 0.1) is 10.1 Å². The van der Waals surface area contributed by atoms with Crippen molar-refractivity contribution in [3.63, 3.8) is 0 Å². The predicted octanol–water partition coefficient (Wildman–Crippen LogP) is 6.13. The van der Waals surface area contributed by atoms with Crippen LogP contribution in [0.4, 0.5) is 5.69 Å². The lowest BCUT2D eigenvalue weighted by molar-refractivity contribution is -0.385. The third-order valence-electron chi connectivity index (χ3n) is 6.40. The number of nitrogens with zero attached hydrogens (tertiary/aromatic N) is 2. The molecule has 0 spiro atoms. The number of benzene rings is 2. The molecule has 0 unspecified atom stereocenters. The van der Waals surface area contributed by atoms with Gasteiger partial charge in [-0.2, -0.15) is 0 Å². The van der Waals surface area contributed by atoms with E-state index in [1.807, 2.05) is 18.2 Å². The summed E-state index contributed by atoms with van der Waals surface area (Å²) < 4.78 is 13.4. The van der Waals surface area contributed by atoms with Crippen LogP contribution in [-0.4, -0.2) is 34.6 Å². The number of nitrogens with two attached hydrogens (primary N) is 1. The summed E-state index contributed by atoms with van der Waals surface area (Å²) in [4.78, 5) is 35.4. The van der Waals surface area contributed by atoms with Gasteiger partial charge in [-0.1, -0.05) is 11.6 Å². The van der Waals surface area contributed by atoms with E-state index >= 15 is 0 Å². The monoisotopic (exact) mass is 539 g/mol. The number of methoxy groups -OCH3 is 1. The first-order chi connectivity index (χ1) is 17.8. The smallest absolute Gasteiger partial charge is 0.348 e. The Hall–Kier alpha value is -3.89. The highest BCUT2D eigenvalue weighted by atomic mass is 35.5. The number of ether oxygens (including phenoxy) is 2. The Morgan fingerprint density at radius 3 is 2.54 bits per heavy atom. The molecule has 2 N–H and O–H groups in total. The zero-order valence-electron chi connectivity index (χ0n) is 19.7. The van der Waals surface area contributed by atoms with Crippen molar-refractivity contribution in [1.82, 2.24) is 4.57 Å². The molecule has 1 fully saturated rings. The molecule has 2 aromatic heterocycles. The van der Waals surface area contributed by atoms with Crippen LogP contribution in [0.15, 0.2) is 48.5 Å². The number of hydrogen-bond donors (Lipinski definition) is 1. The van der Waals surface area contributed by atoms with E-state index in [4.69, 9.17) is 26.8 Å². The number of thiophene rings is 1. The lowest BCUT2D eigenvalue weighted by Gasteiger charge is -2.16. The van der Waals surface area contributed by atoms with E-state index in [0.29, 0.717) is 38.1 Å². The van der Waals surface area contributed by atoms with Crippen LogP contribution in [0.3, 0.4) is 0 Å². The molecule has 0 bridgehead atoms. The molecule has 11 heteroatoms. The molecule has 4 aromatic rings. The summed E-state index contributed by atoms with van der Waals surface area (Å²) in [6, 6.07) is 13.1. The number of fused-ring (bicyclic) bond motifs is 1. The van der Waals surface area contributed by atoms with Crippen molar-refractivity contribution < 1.29 is 24.0 Å². The molecule has 1 aliphatic carbocycles. The fourth-order valence-electron chi connectivity index (χ4n) is 4.66. The minimum atomic E-state index is -0.902. The fraction of sp³-hybridized carbons (Fsp3) is 0.231. The third-order valence-corrected chi connectivity index (χ3v) is 7.76. The average Bonchev–Trinajstić information content (AvgIpc) is 3.60. The Bertz CT molecular complexity index is 1550. The second-order valence-corrected chi connectivity index (χ2v) is 10.2. The number of carbonyl (C=O) groups is 2. The largest absolute Gasteiger partial charge is 0.490 e. The normalized spacial score (nSPS) is 13.7. The molecule has 190 valence electrons. The number of esters is 1. The highest BCUT2D eigenvalue weighted by Crippen LogP contribution is 2.41. The van der Waals surface area contributed by atoms with Gasteiger partial charge in [-0.05, 0) is 68.1 Å². The van der Waals surface area contributed by atoms with Crippen molar-refractivity contribution in [3.8, 4) is 22.7 Å². The Morgan fingerprint density at radius 2 is 1.89 bits per heavy atom. The van der Waals surface area contributed by atoms with Gasteiger partial charge in [0.2, 0.25) is 0 Å². The van der Waals surface area contributed by atoms with Gasteiger partial charge in [-0.3, -0.25) is 14.9 Å². The Kier molecular flexibility index (Phi) is 6.61. The third kappa shape index (κ3) is 4.65. The Labute approximate surface area is 220 Å². The maximum Gasteiger partial charge on any atom is 0.348 e. The predicted molar refractivity (Wildman–Crippen MR) is 141 cm³/mol. The number of hydrogen-bond acceptors (Lipinski definition) is 7. The average molecular weight is 540 g/mol. The van der Waals surface area contributed by atoms with Crippen LogP contribution in [0.5, 0.6) is 5.75 Å². The van der Waals surface area contributed by atoms with Crippen LogP contribution in [0.1, 0.15) is 45.7 Å². The number of nitro groups is 1. The van der Waals surface area contributed by atoms with Crippen molar-refractivity contribution in [1.29, 1.82) is 0 Å². The van der Waals surface area contributed by atoms with E-state index in [2.05, 4.69) is 0 Å². The Balaban J connectivity index is 1.67. The van der Waals surface area contributed by atoms with E-state index in [-0.39, 0.29) is 11.7 Å². The summed E-state index contributed by atoms with van der Waals surface area (Å²) >= 11 is 7.95. The number of rotatable bonds is 7. The highest BCUT2D eigenvalue weighted by molar-refractivity contribution is 7.20. The topological polar surface area (TPSA) is 127 Å². The van der Waals surface area contributed by atoms with Gasteiger partial charge in [0.1, 0.15) is 16.2 Å². The summed E-state index contributed by atoms with van der Waals surface area (Å²) in [5, 5.41) is 12.2.